The van der Waals surface area contributed by atoms with Crippen LogP contribution in [0.5, 0.6) is 0 Å². The van der Waals surface area contributed by atoms with E-state index in [-0.39, 0.29) is 5.54 Å². The van der Waals surface area contributed by atoms with Crippen LogP contribution in [0.1, 0.15) is 37.8 Å². The molecule has 0 spiro atoms. The maximum atomic E-state index is 8.76. The van der Waals surface area contributed by atoms with Crippen LogP contribution in [-0.4, -0.2) is 27.3 Å². The first-order valence-electron chi connectivity index (χ1n) is 6.92. The lowest BCUT2D eigenvalue weighted by molar-refractivity contribution is 0.422. The molecule has 2 heterocycles. The molecule has 21 heavy (non-hydrogen) atoms. The molecule has 2 rings (SSSR count). The fourth-order valence-corrected chi connectivity index (χ4v) is 2.61. The van der Waals surface area contributed by atoms with Gasteiger partial charge in [0.15, 0.2) is 5.01 Å². The monoisotopic (exact) mass is 301 g/mol. The molecule has 0 aliphatic carbocycles. The normalized spacial score (nSPS) is 11.3. The Bertz CT molecular complexity index is 619. The molecule has 0 aliphatic rings. The summed E-state index contributed by atoms with van der Waals surface area (Å²) in [6.45, 7) is 7.44. The fourth-order valence-electron chi connectivity index (χ4n) is 1.75. The Morgan fingerprint density at radius 3 is 2.71 bits per heavy atom. The summed E-state index contributed by atoms with van der Waals surface area (Å²) in [6.07, 6.45) is 3.51. The highest BCUT2D eigenvalue weighted by atomic mass is 32.1. The second-order valence-corrected chi connectivity index (χ2v) is 6.89. The number of aryl methyl sites for hydroxylation is 1. The molecule has 0 unspecified atom stereocenters. The topological polar surface area (TPSA) is 74.5 Å². The molecule has 0 aromatic carbocycles. The molecule has 1 N–H and O–H groups in total. The van der Waals surface area contributed by atoms with Crippen molar-refractivity contribution in [1.82, 2.24) is 20.5 Å². The molecule has 5 nitrogen and oxygen atoms in total. The van der Waals surface area contributed by atoms with E-state index in [1.165, 1.54) is 0 Å². The van der Waals surface area contributed by atoms with Crippen molar-refractivity contribution in [3.63, 3.8) is 0 Å². The standard InChI is InChI=1S/C15H19N5S/c1-15(2,3)18-8-4-5-13-19-20-14(21-13)12-7-6-11(9-16)10-17-12/h6-7,10,18H,4-5,8H2,1-3H3. The minimum atomic E-state index is 0.151. The maximum Gasteiger partial charge on any atom is 0.166 e. The van der Waals surface area contributed by atoms with Crippen LogP contribution in [0, 0.1) is 11.3 Å². The zero-order valence-corrected chi connectivity index (χ0v) is 13.4. The molecule has 0 saturated heterocycles. The van der Waals surface area contributed by atoms with Gasteiger partial charge in [0.25, 0.3) is 0 Å². The summed E-state index contributed by atoms with van der Waals surface area (Å²) >= 11 is 1.56. The SMILES string of the molecule is CC(C)(C)NCCCc1nnc(-c2ccc(C#N)cn2)s1. The van der Waals surface area contributed by atoms with E-state index in [0.717, 1.165) is 35.1 Å². The molecular weight excluding hydrogens is 282 g/mol. The number of rotatable bonds is 5. The summed E-state index contributed by atoms with van der Waals surface area (Å²) in [5.74, 6) is 0. The van der Waals surface area contributed by atoms with Crippen molar-refractivity contribution in [2.75, 3.05) is 6.54 Å². The highest BCUT2D eigenvalue weighted by Gasteiger charge is 2.10. The van der Waals surface area contributed by atoms with Crippen LogP contribution in [0.15, 0.2) is 18.3 Å². The van der Waals surface area contributed by atoms with Gasteiger partial charge in [-0.2, -0.15) is 5.26 Å². The van der Waals surface area contributed by atoms with Crippen molar-refractivity contribution in [3.8, 4) is 16.8 Å². The van der Waals surface area contributed by atoms with Crippen LogP contribution < -0.4 is 5.32 Å². The third kappa shape index (κ3) is 4.88. The van der Waals surface area contributed by atoms with Crippen molar-refractivity contribution in [2.24, 2.45) is 0 Å². The van der Waals surface area contributed by atoms with Gasteiger partial charge in [0.05, 0.1) is 5.56 Å². The highest BCUT2D eigenvalue weighted by molar-refractivity contribution is 7.14. The van der Waals surface area contributed by atoms with E-state index in [0.29, 0.717) is 5.56 Å². The number of aromatic nitrogens is 3. The first-order valence-corrected chi connectivity index (χ1v) is 7.73. The second-order valence-electron chi connectivity index (χ2n) is 5.83. The molecule has 2 aromatic rings. The van der Waals surface area contributed by atoms with E-state index in [2.05, 4.69) is 47.3 Å². The number of nitrogens with one attached hydrogen (secondary N) is 1. The average Bonchev–Trinajstić information content (AvgIpc) is 2.91. The summed E-state index contributed by atoms with van der Waals surface area (Å²) in [4.78, 5) is 4.23. The van der Waals surface area contributed by atoms with Crippen molar-refractivity contribution < 1.29 is 0 Å². The lowest BCUT2D eigenvalue weighted by atomic mass is 10.1. The molecule has 2 aromatic heterocycles. The first-order chi connectivity index (χ1) is 9.98. The summed E-state index contributed by atoms with van der Waals surface area (Å²) in [5, 5.41) is 22.4. The number of hydrogen-bond donors (Lipinski definition) is 1. The van der Waals surface area contributed by atoms with Crippen molar-refractivity contribution in [3.05, 3.63) is 28.9 Å². The maximum absolute atomic E-state index is 8.76. The highest BCUT2D eigenvalue weighted by Crippen LogP contribution is 2.22. The second kappa shape index (κ2) is 6.74. The Balaban J connectivity index is 1.90. The molecule has 0 fully saturated rings. The molecule has 0 atom stereocenters. The molecule has 0 aliphatic heterocycles. The molecular formula is C15H19N5S. The van der Waals surface area contributed by atoms with E-state index in [1.807, 2.05) is 6.07 Å². The van der Waals surface area contributed by atoms with Crippen LogP contribution in [0.2, 0.25) is 0 Å². The number of nitriles is 1. The van der Waals surface area contributed by atoms with Gasteiger partial charge in [0.2, 0.25) is 0 Å². The third-order valence-electron chi connectivity index (χ3n) is 2.80. The number of hydrogen-bond acceptors (Lipinski definition) is 6. The molecule has 0 amide bonds. The minimum absolute atomic E-state index is 0.151. The minimum Gasteiger partial charge on any atom is -0.312 e. The summed E-state index contributed by atoms with van der Waals surface area (Å²) in [5.41, 5.74) is 1.47. The Labute approximate surface area is 129 Å². The van der Waals surface area contributed by atoms with Gasteiger partial charge < -0.3 is 5.32 Å². The van der Waals surface area contributed by atoms with E-state index in [1.54, 1.807) is 23.6 Å². The van der Waals surface area contributed by atoms with Crippen molar-refractivity contribution in [1.29, 1.82) is 5.26 Å². The van der Waals surface area contributed by atoms with Gasteiger partial charge in [-0.3, -0.25) is 4.98 Å². The average molecular weight is 301 g/mol. The van der Waals surface area contributed by atoms with Gasteiger partial charge >= 0.3 is 0 Å². The summed E-state index contributed by atoms with van der Waals surface area (Å²) < 4.78 is 0. The van der Waals surface area contributed by atoms with E-state index in [4.69, 9.17) is 5.26 Å². The number of pyridine rings is 1. The smallest absolute Gasteiger partial charge is 0.166 e. The van der Waals surface area contributed by atoms with Crippen molar-refractivity contribution in [2.45, 2.75) is 39.2 Å². The van der Waals surface area contributed by atoms with Gasteiger partial charge in [-0.15, -0.1) is 10.2 Å². The Hall–Kier alpha value is -1.84. The third-order valence-corrected chi connectivity index (χ3v) is 3.81. The lowest BCUT2D eigenvalue weighted by Gasteiger charge is -2.20. The predicted octanol–water partition coefficient (Wildman–Crippen LogP) is 2.79. The predicted molar refractivity (Wildman–Crippen MR) is 83.9 cm³/mol. The molecule has 110 valence electrons. The Kier molecular flexibility index (Phi) is 4.99. The number of nitrogens with zero attached hydrogens (tertiary/aromatic N) is 4. The molecule has 0 saturated carbocycles. The van der Waals surface area contributed by atoms with Crippen molar-refractivity contribution >= 4 is 11.3 Å². The van der Waals surface area contributed by atoms with Gasteiger partial charge in [-0.05, 0) is 45.9 Å². The Morgan fingerprint density at radius 2 is 2.10 bits per heavy atom. The summed E-state index contributed by atoms with van der Waals surface area (Å²) in [7, 11) is 0. The van der Waals surface area contributed by atoms with Crippen LogP contribution in [0.3, 0.4) is 0 Å². The largest absolute Gasteiger partial charge is 0.312 e. The lowest BCUT2D eigenvalue weighted by Crippen LogP contribution is -2.36. The zero-order valence-electron chi connectivity index (χ0n) is 12.6. The molecule has 0 bridgehead atoms. The van der Waals surface area contributed by atoms with Gasteiger partial charge in [0, 0.05) is 18.2 Å². The van der Waals surface area contributed by atoms with Crippen LogP contribution in [0.4, 0.5) is 0 Å². The summed E-state index contributed by atoms with van der Waals surface area (Å²) in [6, 6.07) is 5.61. The quantitative estimate of drug-likeness (QED) is 0.860. The van der Waals surface area contributed by atoms with Gasteiger partial charge in [-0.1, -0.05) is 11.3 Å². The van der Waals surface area contributed by atoms with Gasteiger partial charge in [-0.25, -0.2) is 0 Å². The first kappa shape index (κ1) is 15.5. The van der Waals surface area contributed by atoms with Crippen LogP contribution in [-0.2, 0) is 6.42 Å². The molecule has 6 heteroatoms. The van der Waals surface area contributed by atoms with Crippen LogP contribution >= 0.6 is 11.3 Å². The van der Waals surface area contributed by atoms with E-state index >= 15 is 0 Å². The zero-order chi connectivity index (χ0) is 15.3. The van der Waals surface area contributed by atoms with Gasteiger partial charge in [0.1, 0.15) is 16.8 Å². The fraction of sp³-hybridized carbons (Fsp3) is 0.467. The Morgan fingerprint density at radius 1 is 1.29 bits per heavy atom. The van der Waals surface area contributed by atoms with E-state index < -0.39 is 0 Å². The molecule has 0 radical (unpaired) electrons. The van der Waals surface area contributed by atoms with E-state index in [9.17, 15) is 0 Å². The van der Waals surface area contributed by atoms with Crippen LogP contribution in [0.25, 0.3) is 10.7 Å².